The summed E-state index contributed by atoms with van der Waals surface area (Å²) < 4.78 is 0. The first-order chi connectivity index (χ1) is 15.8. The third-order valence-electron chi connectivity index (χ3n) is 5.83. The zero-order valence-electron chi connectivity index (χ0n) is 18.5. The molecule has 4 nitrogen and oxygen atoms in total. The van der Waals surface area contributed by atoms with Crippen molar-refractivity contribution in [3.8, 4) is 0 Å². The van der Waals surface area contributed by atoms with Crippen molar-refractivity contribution in [1.29, 1.82) is 0 Å². The summed E-state index contributed by atoms with van der Waals surface area (Å²) in [5.41, 5.74) is 4.52. The van der Waals surface area contributed by atoms with E-state index in [-0.39, 0.29) is 5.91 Å². The van der Waals surface area contributed by atoms with Crippen LogP contribution in [0.5, 0.6) is 0 Å². The van der Waals surface area contributed by atoms with Gasteiger partial charge >= 0.3 is 0 Å². The Morgan fingerprint density at radius 1 is 0.781 bits per heavy atom. The summed E-state index contributed by atoms with van der Waals surface area (Å²) in [4.78, 5) is 17.4. The van der Waals surface area contributed by atoms with Crippen molar-refractivity contribution in [1.82, 2.24) is 9.80 Å². The lowest BCUT2D eigenvalue weighted by Crippen LogP contribution is -2.48. The van der Waals surface area contributed by atoms with Crippen molar-refractivity contribution in [2.24, 2.45) is 0 Å². The molecule has 1 heterocycles. The predicted octanol–water partition coefficient (Wildman–Crippen LogP) is 4.55. The largest absolute Gasteiger partial charge is 0.325 e. The van der Waals surface area contributed by atoms with Gasteiger partial charge in [0.15, 0.2) is 0 Å². The summed E-state index contributed by atoms with van der Waals surface area (Å²) in [6.07, 6.45) is 5.21. The van der Waals surface area contributed by atoms with Crippen LogP contribution in [0.15, 0.2) is 91.0 Å². The minimum absolute atomic E-state index is 0.0583. The molecule has 1 aliphatic rings. The van der Waals surface area contributed by atoms with E-state index in [1.54, 1.807) is 0 Å². The van der Waals surface area contributed by atoms with Crippen molar-refractivity contribution >= 4 is 17.7 Å². The maximum absolute atomic E-state index is 12.7. The summed E-state index contributed by atoms with van der Waals surface area (Å²) in [5.74, 6) is 0.0583. The van der Waals surface area contributed by atoms with Gasteiger partial charge in [0.25, 0.3) is 0 Å². The Bertz CT molecular complexity index is 1010. The highest BCUT2D eigenvalue weighted by atomic mass is 16.2. The van der Waals surface area contributed by atoms with E-state index in [0.29, 0.717) is 6.54 Å². The molecule has 0 radical (unpaired) electrons. The molecule has 1 amide bonds. The molecule has 3 aromatic carbocycles. The Hall–Kier alpha value is -3.21. The summed E-state index contributed by atoms with van der Waals surface area (Å²) >= 11 is 0. The molecule has 3 aromatic rings. The lowest BCUT2D eigenvalue weighted by molar-refractivity contribution is -0.117. The zero-order chi connectivity index (χ0) is 22.0. The van der Waals surface area contributed by atoms with Crippen molar-refractivity contribution in [3.05, 3.63) is 108 Å². The first kappa shape index (κ1) is 22.0. The van der Waals surface area contributed by atoms with Crippen LogP contribution in [0.25, 0.3) is 6.08 Å². The number of carbonyl (C=O) groups excluding carboxylic acids is 1. The molecule has 164 valence electrons. The monoisotopic (exact) mass is 425 g/mol. The molecular formula is C28H31N3O. The lowest BCUT2D eigenvalue weighted by atomic mass is 10.0. The van der Waals surface area contributed by atoms with E-state index in [9.17, 15) is 4.79 Å². The Kier molecular flexibility index (Phi) is 7.85. The molecule has 1 fully saturated rings. The third-order valence-corrected chi connectivity index (χ3v) is 5.83. The molecule has 0 spiro atoms. The van der Waals surface area contributed by atoms with Crippen LogP contribution < -0.4 is 5.32 Å². The van der Waals surface area contributed by atoms with E-state index >= 15 is 0 Å². The van der Waals surface area contributed by atoms with Gasteiger partial charge in [-0.2, -0.15) is 0 Å². The fraction of sp³-hybridized carbons (Fsp3) is 0.250. The van der Waals surface area contributed by atoms with Gasteiger partial charge in [0.2, 0.25) is 5.91 Å². The number of piperazine rings is 1. The van der Waals surface area contributed by atoms with E-state index in [1.165, 1.54) is 11.1 Å². The van der Waals surface area contributed by atoms with Gasteiger partial charge in [0.1, 0.15) is 0 Å². The van der Waals surface area contributed by atoms with Crippen LogP contribution in [0.4, 0.5) is 5.69 Å². The number of carbonyl (C=O) groups is 1. The van der Waals surface area contributed by atoms with Crippen LogP contribution in [0.1, 0.15) is 16.7 Å². The first-order valence-electron chi connectivity index (χ1n) is 11.3. The number of nitrogens with one attached hydrogen (secondary N) is 1. The number of para-hydroxylation sites is 1. The molecule has 1 N–H and O–H groups in total. The van der Waals surface area contributed by atoms with Crippen LogP contribution in [0, 0.1) is 0 Å². The SMILES string of the molecule is O=C(CN1CCN(C/C=C/c2ccccc2)CC1)Nc1ccccc1Cc1ccccc1. The second kappa shape index (κ2) is 11.4. The van der Waals surface area contributed by atoms with Crippen LogP contribution >= 0.6 is 0 Å². The second-order valence-electron chi connectivity index (χ2n) is 8.26. The Labute approximate surface area is 191 Å². The normalized spacial score (nSPS) is 15.1. The molecule has 0 bridgehead atoms. The van der Waals surface area contributed by atoms with Crippen molar-refractivity contribution in [2.75, 3.05) is 44.6 Å². The van der Waals surface area contributed by atoms with Gasteiger partial charge in [0.05, 0.1) is 6.54 Å². The average Bonchev–Trinajstić information content (AvgIpc) is 2.83. The molecule has 0 saturated carbocycles. The molecular weight excluding hydrogens is 394 g/mol. The topological polar surface area (TPSA) is 35.6 Å². The minimum atomic E-state index is 0.0583. The van der Waals surface area contributed by atoms with E-state index in [1.807, 2.05) is 42.5 Å². The minimum Gasteiger partial charge on any atom is -0.325 e. The van der Waals surface area contributed by atoms with Crippen molar-refractivity contribution in [2.45, 2.75) is 6.42 Å². The van der Waals surface area contributed by atoms with Crippen LogP contribution in [0.3, 0.4) is 0 Å². The molecule has 1 saturated heterocycles. The van der Waals surface area contributed by atoms with Crippen LogP contribution in [-0.4, -0.2) is 55.0 Å². The van der Waals surface area contributed by atoms with Crippen LogP contribution in [-0.2, 0) is 11.2 Å². The first-order valence-corrected chi connectivity index (χ1v) is 11.3. The number of rotatable bonds is 8. The molecule has 1 aliphatic heterocycles. The summed E-state index contributed by atoms with van der Waals surface area (Å²) in [6, 6.07) is 28.8. The third kappa shape index (κ3) is 6.64. The van der Waals surface area contributed by atoms with Gasteiger partial charge in [-0.3, -0.25) is 14.6 Å². The maximum Gasteiger partial charge on any atom is 0.238 e. The fourth-order valence-electron chi connectivity index (χ4n) is 4.04. The molecule has 0 aliphatic carbocycles. The zero-order valence-corrected chi connectivity index (χ0v) is 18.5. The van der Waals surface area contributed by atoms with Gasteiger partial charge < -0.3 is 5.32 Å². The number of benzene rings is 3. The predicted molar refractivity (Wildman–Crippen MR) is 133 cm³/mol. The summed E-state index contributed by atoms with van der Waals surface area (Å²) in [6.45, 7) is 5.18. The number of nitrogens with zero attached hydrogens (tertiary/aromatic N) is 2. The standard InChI is InChI=1S/C28H31N3O/c32-28(29-27-16-8-7-15-26(27)22-25-12-5-2-6-13-25)23-31-20-18-30(19-21-31)17-9-14-24-10-3-1-4-11-24/h1-16H,17-23H2,(H,29,32)/b14-9+. The van der Waals surface area contributed by atoms with Crippen LogP contribution in [0.2, 0.25) is 0 Å². The Morgan fingerprint density at radius 3 is 2.16 bits per heavy atom. The van der Waals surface area contributed by atoms with Gasteiger partial charge in [0, 0.05) is 38.4 Å². The van der Waals surface area contributed by atoms with Gasteiger partial charge in [-0.25, -0.2) is 0 Å². The van der Waals surface area contributed by atoms with E-state index in [2.05, 4.69) is 69.7 Å². The van der Waals surface area contributed by atoms with E-state index in [4.69, 9.17) is 0 Å². The van der Waals surface area contributed by atoms with E-state index < -0.39 is 0 Å². The number of hydrogen-bond acceptors (Lipinski definition) is 3. The molecule has 0 unspecified atom stereocenters. The molecule has 4 heteroatoms. The second-order valence-corrected chi connectivity index (χ2v) is 8.26. The van der Waals surface area contributed by atoms with Crippen molar-refractivity contribution in [3.63, 3.8) is 0 Å². The number of anilines is 1. The highest BCUT2D eigenvalue weighted by molar-refractivity contribution is 5.93. The number of amides is 1. The van der Waals surface area contributed by atoms with Gasteiger partial charge in [-0.05, 0) is 29.2 Å². The smallest absolute Gasteiger partial charge is 0.238 e. The number of hydrogen-bond donors (Lipinski definition) is 1. The summed E-state index contributed by atoms with van der Waals surface area (Å²) in [7, 11) is 0. The lowest BCUT2D eigenvalue weighted by Gasteiger charge is -2.33. The highest BCUT2D eigenvalue weighted by Crippen LogP contribution is 2.19. The molecule has 0 atom stereocenters. The fourth-order valence-corrected chi connectivity index (χ4v) is 4.04. The van der Waals surface area contributed by atoms with Crippen molar-refractivity contribution < 1.29 is 4.79 Å². The summed E-state index contributed by atoms with van der Waals surface area (Å²) in [5, 5.41) is 3.14. The van der Waals surface area contributed by atoms with Gasteiger partial charge in [-0.15, -0.1) is 0 Å². The highest BCUT2D eigenvalue weighted by Gasteiger charge is 2.18. The molecule has 32 heavy (non-hydrogen) atoms. The van der Waals surface area contributed by atoms with Gasteiger partial charge in [-0.1, -0.05) is 91.0 Å². The molecule has 4 rings (SSSR count). The maximum atomic E-state index is 12.7. The quantitative estimate of drug-likeness (QED) is 0.575. The van der Waals surface area contributed by atoms with E-state index in [0.717, 1.165) is 50.4 Å². The molecule has 0 aromatic heterocycles. The Morgan fingerprint density at radius 2 is 1.41 bits per heavy atom. The Balaban J connectivity index is 1.23. The average molecular weight is 426 g/mol.